The first-order chi connectivity index (χ1) is 10.4. The van der Waals surface area contributed by atoms with E-state index >= 15 is 0 Å². The third-order valence-corrected chi connectivity index (χ3v) is 5.95. The number of hydrogen-bond acceptors (Lipinski definition) is 4. The number of aryl methyl sites for hydroxylation is 1. The first kappa shape index (κ1) is 20.5. The van der Waals surface area contributed by atoms with E-state index in [2.05, 4.69) is 5.32 Å². The Hall–Kier alpha value is -0.570. The van der Waals surface area contributed by atoms with Gasteiger partial charge < -0.3 is 5.32 Å². The molecule has 1 heterocycles. The van der Waals surface area contributed by atoms with Crippen molar-refractivity contribution in [3.63, 3.8) is 0 Å². The summed E-state index contributed by atoms with van der Waals surface area (Å²) < 4.78 is 26.4. The molecule has 23 heavy (non-hydrogen) atoms. The molecule has 0 saturated heterocycles. The number of halogens is 1. The van der Waals surface area contributed by atoms with Crippen molar-refractivity contribution in [2.24, 2.45) is 0 Å². The van der Waals surface area contributed by atoms with Crippen LogP contribution in [0.2, 0.25) is 5.02 Å². The minimum absolute atomic E-state index is 0. The van der Waals surface area contributed by atoms with E-state index in [0.717, 1.165) is 17.7 Å². The van der Waals surface area contributed by atoms with Gasteiger partial charge in [-0.15, -0.1) is 11.3 Å². The van der Waals surface area contributed by atoms with Gasteiger partial charge in [-0.3, -0.25) is 0 Å². The van der Waals surface area contributed by atoms with Crippen LogP contribution in [-0.2, 0) is 16.4 Å². The van der Waals surface area contributed by atoms with Crippen LogP contribution in [0.4, 0.5) is 10.5 Å². The van der Waals surface area contributed by atoms with Crippen LogP contribution in [0.5, 0.6) is 0 Å². The van der Waals surface area contributed by atoms with E-state index in [1.54, 1.807) is 30.3 Å². The second kappa shape index (κ2) is 9.05. The van der Waals surface area contributed by atoms with Gasteiger partial charge in [0.1, 0.15) is 4.21 Å². The van der Waals surface area contributed by atoms with E-state index in [0.29, 0.717) is 10.7 Å². The van der Waals surface area contributed by atoms with E-state index < -0.39 is 16.1 Å². The Bertz CT molecular complexity index is 761. The summed E-state index contributed by atoms with van der Waals surface area (Å²) in [7, 11) is -3.85. The SMILES string of the molecule is CCCc1ccc(S(=O)(=O)NC(=O)Nc2ccc(Cl)cc2)s1.[NaH]. The van der Waals surface area contributed by atoms with Gasteiger partial charge in [-0.2, -0.15) is 0 Å². The molecule has 0 saturated carbocycles. The summed E-state index contributed by atoms with van der Waals surface area (Å²) in [6.45, 7) is 2.02. The quantitative estimate of drug-likeness (QED) is 0.779. The van der Waals surface area contributed by atoms with Crippen molar-refractivity contribution in [1.82, 2.24) is 4.72 Å². The monoisotopic (exact) mass is 382 g/mol. The Balaban J connectivity index is 0.00000264. The molecule has 2 aromatic rings. The summed E-state index contributed by atoms with van der Waals surface area (Å²) in [5.74, 6) is 0. The topological polar surface area (TPSA) is 75.3 Å². The number of sulfonamides is 1. The molecule has 2 amide bonds. The zero-order chi connectivity index (χ0) is 16.2. The summed E-state index contributed by atoms with van der Waals surface area (Å²) in [6.07, 6.45) is 1.75. The fraction of sp³-hybridized carbons (Fsp3) is 0.214. The molecule has 0 bridgehead atoms. The Morgan fingerprint density at radius 2 is 1.83 bits per heavy atom. The van der Waals surface area contributed by atoms with Gasteiger partial charge in [0.05, 0.1) is 0 Å². The van der Waals surface area contributed by atoms with Gasteiger partial charge in [-0.1, -0.05) is 24.9 Å². The van der Waals surface area contributed by atoms with Crippen LogP contribution in [0, 0.1) is 0 Å². The summed E-state index contributed by atoms with van der Waals surface area (Å²) in [6, 6.07) is 8.82. The van der Waals surface area contributed by atoms with Gasteiger partial charge in [0, 0.05) is 15.6 Å². The molecular formula is C14H16ClN2NaO3S2. The molecule has 1 aromatic heterocycles. The van der Waals surface area contributed by atoms with Crippen LogP contribution < -0.4 is 10.0 Å². The number of carbonyl (C=O) groups is 1. The molecule has 0 atom stereocenters. The Kier molecular flexibility index (Phi) is 8.06. The van der Waals surface area contributed by atoms with Crippen molar-refractivity contribution in [2.75, 3.05) is 5.32 Å². The van der Waals surface area contributed by atoms with Crippen molar-refractivity contribution in [2.45, 2.75) is 24.0 Å². The second-order valence-electron chi connectivity index (χ2n) is 4.54. The van der Waals surface area contributed by atoms with Crippen LogP contribution in [0.15, 0.2) is 40.6 Å². The van der Waals surface area contributed by atoms with Crippen molar-refractivity contribution in [3.8, 4) is 0 Å². The number of thiophene rings is 1. The number of nitrogens with one attached hydrogen (secondary N) is 2. The fourth-order valence-corrected chi connectivity index (χ4v) is 4.24. The maximum atomic E-state index is 12.1. The number of carbonyl (C=O) groups excluding carboxylic acids is 1. The van der Waals surface area contributed by atoms with Crippen molar-refractivity contribution >= 4 is 74.2 Å². The molecule has 0 aliphatic heterocycles. The number of amides is 2. The van der Waals surface area contributed by atoms with Crippen LogP contribution in [0.1, 0.15) is 18.2 Å². The predicted octanol–water partition coefficient (Wildman–Crippen LogP) is 3.22. The summed E-state index contributed by atoms with van der Waals surface area (Å²) in [5, 5.41) is 2.97. The number of benzene rings is 1. The van der Waals surface area contributed by atoms with Crippen LogP contribution in [0.3, 0.4) is 0 Å². The number of rotatable bonds is 5. The molecule has 9 heteroatoms. The van der Waals surface area contributed by atoms with Crippen LogP contribution in [-0.4, -0.2) is 44.0 Å². The Morgan fingerprint density at radius 3 is 2.43 bits per heavy atom. The molecular weight excluding hydrogens is 367 g/mol. The Morgan fingerprint density at radius 1 is 1.17 bits per heavy atom. The third-order valence-electron chi connectivity index (χ3n) is 2.73. The van der Waals surface area contributed by atoms with E-state index in [1.165, 1.54) is 17.4 Å². The normalized spacial score (nSPS) is 10.7. The van der Waals surface area contributed by atoms with Gasteiger partial charge in [-0.05, 0) is 42.8 Å². The molecule has 2 N–H and O–H groups in total. The Labute approximate surface area is 166 Å². The first-order valence-electron chi connectivity index (χ1n) is 6.59. The number of hydrogen-bond donors (Lipinski definition) is 2. The number of urea groups is 1. The zero-order valence-corrected chi connectivity index (χ0v) is 14.2. The molecule has 120 valence electrons. The molecule has 2 rings (SSSR count). The molecule has 0 fully saturated rings. The van der Waals surface area contributed by atoms with E-state index in [4.69, 9.17) is 11.6 Å². The zero-order valence-electron chi connectivity index (χ0n) is 11.8. The van der Waals surface area contributed by atoms with E-state index in [-0.39, 0.29) is 33.8 Å². The van der Waals surface area contributed by atoms with Crippen molar-refractivity contribution in [1.29, 1.82) is 0 Å². The van der Waals surface area contributed by atoms with E-state index in [1.807, 2.05) is 11.6 Å². The molecule has 1 aromatic carbocycles. The van der Waals surface area contributed by atoms with Gasteiger partial charge in [0.15, 0.2) is 0 Å². The van der Waals surface area contributed by atoms with Gasteiger partial charge in [0.25, 0.3) is 10.0 Å². The van der Waals surface area contributed by atoms with Gasteiger partial charge in [0.2, 0.25) is 0 Å². The van der Waals surface area contributed by atoms with E-state index in [9.17, 15) is 13.2 Å². The molecule has 5 nitrogen and oxygen atoms in total. The standard InChI is InChI=1S/C14H15ClN2O3S2.Na.H/c1-2-3-12-8-9-13(21-12)22(19,20)17-14(18)16-11-6-4-10(15)5-7-11;;/h4-9H,2-3H2,1H3,(H2,16,17,18);;. The van der Waals surface area contributed by atoms with Crippen LogP contribution >= 0.6 is 22.9 Å². The maximum absolute atomic E-state index is 12.1. The second-order valence-corrected chi connectivity index (χ2v) is 8.05. The first-order valence-corrected chi connectivity index (χ1v) is 9.26. The van der Waals surface area contributed by atoms with Crippen molar-refractivity contribution in [3.05, 3.63) is 46.3 Å². The molecule has 0 aliphatic carbocycles. The summed E-state index contributed by atoms with van der Waals surface area (Å²) in [4.78, 5) is 12.8. The summed E-state index contributed by atoms with van der Waals surface area (Å²) >= 11 is 6.91. The van der Waals surface area contributed by atoms with Crippen molar-refractivity contribution < 1.29 is 13.2 Å². The third kappa shape index (κ3) is 6.10. The number of anilines is 1. The predicted molar refractivity (Wildman–Crippen MR) is 96.3 cm³/mol. The molecule has 0 aliphatic rings. The van der Waals surface area contributed by atoms with Gasteiger partial charge >= 0.3 is 35.6 Å². The average Bonchev–Trinajstić information content (AvgIpc) is 2.91. The van der Waals surface area contributed by atoms with Gasteiger partial charge in [-0.25, -0.2) is 17.9 Å². The summed E-state index contributed by atoms with van der Waals surface area (Å²) in [5.41, 5.74) is 0.454. The molecule has 0 unspecified atom stereocenters. The fourth-order valence-electron chi connectivity index (χ4n) is 1.75. The molecule has 0 spiro atoms. The molecule has 0 radical (unpaired) electrons. The van der Waals surface area contributed by atoms with Crippen LogP contribution in [0.25, 0.3) is 0 Å². The minimum atomic E-state index is -3.85. The average molecular weight is 383 g/mol.